The molecule has 112 valence electrons. The van der Waals surface area contributed by atoms with E-state index < -0.39 is 4.92 Å². The number of hydrogen-bond donors (Lipinski definition) is 1. The van der Waals surface area contributed by atoms with E-state index in [2.05, 4.69) is 32.1 Å². The van der Waals surface area contributed by atoms with E-state index in [1.165, 1.54) is 6.07 Å². The number of fused-ring (bicyclic) bond motifs is 1. The van der Waals surface area contributed by atoms with Gasteiger partial charge in [0.25, 0.3) is 0 Å². The molecule has 0 radical (unpaired) electrons. The highest BCUT2D eigenvalue weighted by Crippen LogP contribution is 2.29. The van der Waals surface area contributed by atoms with Crippen molar-refractivity contribution < 1.29 is 9.55 Å². The van der Waals surface area contributed by atoms with E-state index in [9.17, 15) is 10.1 Å². The molecule has 21 heavy (non-hydrogen) atoms. The standard InChI is InChI=1S/C13H17N5O3/c1-2-17-7-3-4-9(8-17)14-10-5-6-11(18(19)20)13-12(10)15-21-16-13/h5-6,9,14H,2-4,7-8H2,1H3. The number of hydrogen-bond acceptors (Lipinski definition) is 7. The Balaban J connectivity index is 1.86. The summed E-state index contributed by atoms with van der Waals surface area (Å²) in [5.74, 6) is 0. The van der Waals surface area contributed by atoms with Gasteiger partial charge in [0.1, 0.15) is 0 Å². The molecule has 1 aliphatic heterocycles. The van der Waals surface area contributed by atoms with Crippen LogP contribution in [0.2, 0.25) is 0 Å². The molecule has 1 saturated heterocycles. The van der Waals surface area contributed by atoms with Crippen LogP contribution in [0.4, 0.5) is 11.4 Å². The van der Waals surface area contributed by atoms with E-state index in [1.807, 2.05) is 0 Å². The Morgan fingerprint density at radius 2 is 2.29 bits per heavy atom. The summed E-state index contributed by atoms with van der Waals surface area (Å²) in [5.41, 5.74) is 1.25. The van der Waals surface area contributed by atoms with Crippen molar-refractivity contribution in [2.24, 2.45) is 0 Å². The number of likely N-dealkylation sites (tertiary alicyclic amines) is 1. The van der Waals surface area contributed by atoms with E-state index in [-0.39, 0.29) is 11.2 Å². The molecule has 1 unspecified atom stereocenters. The van der Waals surface area contributed by atoms with Crippen LogP contribution >= 0.6 is 0 Å². The van der Waals surface area contributed by atoms with Gasteiger partial charge in [0.15, 0.2) is 5.52 Å². The second-order valence-electron chi connectivity index (χ2n) is 5.23. The first-order chi connectivity index (χ1) is 10.2. The van der Waals surface area contributed by atoms with Crippen molar-refractivity contribution >= 4 is 22.4 Å². The molecule has 2 aromatic rings. The summed E-state index contributed by atoms with van der Waals surface area (Å²) < 4.78 is 4.67. The number of nitro groups is 1. The quantitative estimate of drug-likeness (QED) is 0.679. The molecule has 3 rings (SSSR count). The second kappa shape index (κ2) is 5.65. The molecule has 0 amide bonds. The van der Waals surface area contributed by atoms with Crippen LogP contribution in [-0.2, 0) is 0 Å². The highest BCUT2D eigenvalue weighted by Gasteiger charge is 2.23. The van der Waals surface area contributed by atoms with Crippen LogP contribution in [0.25, 0.3) is 11.0 Å². The maximum Gasteiger partial charge on any atom is 0.300 e. The third-order valence-electron chi connectivity index (χ3n) is 3.90. The van der Waals surface area contributed by atoms with Gasteiger partial charge < -0.3 is 10.2 Å². The van der Waals surface area contributed by atoms with E-state index in [4.69, 9.17) is 0 Å². The molecule has 0 saturated carbocycles. The summed E-state index contributed by atoms with van der Waals surface area (Å²) in [6, 6.07) is 3.42. The van der Waals surface area contributed by atoms with Gasteiger partial charge in [0.05, 0.1) is 10.6 Å². The van der Waals surface area contributed by atoms with Crippen LogP contribution in [0.3, 0.4) is 0 Å². The Labute approximate surface area is 121 Å². The smallest absolute Gasteiger partial charge is 0.300 e. The number of aromatic nitrogens is 2. The summed E-state index contributed by atoms with van der Waals surface area (Å²) in [6.45, 7) is 5.25. The first-order valence-corrected chi connectivity index (χ1v) is 7.07. The molecule has 1 aromatic heterocycles. The van der Waals surface area contributed by atoms with E-state index >= 15 is 0 Å². The number of nitrogens with zero attached hydrogens (tertiary/aromatic N) is 4. The third-order valence-corrected chi connectivity index (χ3v) is 3.90. The van der Waals surface area contributed by atoms with E-state index in [0.717, 1.165) is 38.2 Å². The Bertz CT molecular complexity index is 656. The average Bonchev–Trinajstić information content (AvgIpc) is 2.97. The van der Waals surface area contributed by atoms with Gasteiger partial charge in [-0.1, -0.05) is 6.92 Å². The molecule has 8 nitrogen and oxygen atoms in total. The van der Waals surface area contributed by atoms with Gasteiger partial charge in [-0.3, -0.25) is 10.1 Å². The lowest BCUT2D eigenvalue weighted by molar-refractivity contribution is -0.383. The normalized spacial score (nSPS) is 19.8. The van der Waals surface area contributed by atoms with Gasteiger partial charge in [0, 0.05) is 18.7 Å². The van der Waals surface area contributed by atoms with Crippen LogP contribution in [0, 0.1) is 10.1 Å². The van der Waals surface area contributed by atoms with Crippen LogP contribution in [0.15, 0.2) is 16.8 Å². The first kappa shape index (κ1) is 13.7. The minimum atomic E-state index is -0.476. The summed E-state index contributed by atoms with van der Waals surface area (Å²) in [6.07, 6.45) is 2.21. The number of nitro benzene ring substituents is 1. The third kappa shape index (κ3) is 2.66. The zero-order valence-corrected chi connectivity index (χ0v) is 11.8. The molecule has 0 spiro atoms. The molecule has 1 N–H and O–H groups in total. The molecule has 1 aliphatic rings. The van der Waals surface area contributed by atoms with Crippen LogP contribution < -0.4 is 5.32 Å². The van der Waals surface area contributed by atoms with Gasteiger partial charge in [-0.05, 0) is 42.3 Å². The van der Waals surface area contributed by atoms with Crippen molar-refractivity contribution in [2.45, 2.75) is 25.8 Å². The number of rotatable bonds is 4. The van der Waals surface area contributed by atoms with Crippen molar-refractivity contribution in [3.63, 3.8) is 0 Å². The number of non-ortho nitro benzene ring substituents is 1. The number of likely N-dealkylation sites (N-methyl/N-ethyl adjacent to an activating group) is 1. The summed E-state index contributed by atoms with van der Waals surface area (Å²) >= 11 is 0. The second-order valence-corrected chi connectivity index (χ2v) is 5.23. The predicted octanol–water partition coefficient (Wildman–Crippen LogP) is 2.03. The van der Waals surface area contributed by atoms with Gasteiger partial charge in [0.2, 0.25) is 5.52 Å². The lowest BCUT2D eigenvalue weighted by Crippen LogP contribution is -2.41. The fraction of sp³-hybridized carbons (Fsp3) is 0.538. The van der Waals surface area contributed by atoms with Crippen LogP contribution in [0.5, 0.6) is 0 Å². The van der Waals surface area contributed by atoms with Crippen molar-refractivity contribution in [2.75, 3.05) is 25.0 Å². The molecule has 0 aliphatic carbocycles. The van der Waals surface area contributed by atoms with E-state index in [0.29, 0.717) is 11.6 Å². The van der Waals surface area contributed by atoms with Crippen molar-refractivity contribution in [3.05, 3.63) is 22.2 Å². The maximum absolute atomic E-state index is 11.0. The van der Waals surface area contributed by atoms with Crippen molar-refractivity contribution in [1.29, 1.82) is 0 Å². The topological polar surface area (TPSA) is 97.3 Å². The molecule has 1 aromatic carbocycles. The Hall–Kier alpha value is -2.22. The molecule has 0 bridgehead atoms. The van der Waals surface area contributed by atoms with Crippen molar-refractivity contribution in [3.8, 4) is 0 Å². The van der Waals surface area contributed by atoms with Crippen LogP contribution in [-0.4, -0.2) is 45.8 Å². The van der Waals surface area contributed by atoms with Crippen LogP contribution in [0.1, 0.15) is 19.8 Å². The minimum Gasteiger partial charge on any atom is -0.379 e. The Morgan fingerprint density at radius 1 is 1.48 bits per heavy atom. The fourth-order valence-electron chi connectivity index (χ4n) is 2.80. The largest absolute Gasteiger partial charge is 0.379 e. The zero-order valence-electron chi connectivity index (χ0n) is 11.8. The molecule has 1 fully saturated rings. The lowest BCUT2D eigenvalue weighted by atomic mass is 10.1. The lowest BCUT2D eigenvalue weighted by Gasteiger charge is -2.32. The van der Waals surface area contributed by atoms with Crippen molar-refractivity contribution in [1.82, 2.24) is 15.2 Å². The highest BCUT2D eigenvalue weighted by atomic mass is 16.6. The number of anilines is 1. The Morgan fingerprint density at radius 3 is 3.05 bits per heavy atom. The van der Waals surface area contributed by atoms with Gasteiger partial charge in [-0.25, -0.2) is 4.63 Å². The summed E-state index contributed by atoms with van der Waals surface area (Å²) in [4.78, 5) is 12.9. The first-order valence-electron chi connectivity index (χ1n) is 7.07. The molecular formula is C13H17N5O3. The summed E-state index contributed by atoms with van der Waals surface area (Å²) in [5, 5.41) is 21.8. The van der Waals surface area contributed by atoms with E-state index in [1.54, 1.807) is 6.07 Å². The molecule has 1 atom stereocenters. The number of benzene rings is 1. The number of nitrogens with one attached hydrogen (secondary N) is 1. The maximum atomic E-state index is 11.0. The molecule has 2 heterocycles. The van der Waals surface area contributed by atoms with Gasteiger partial charge in [-0.2, -0.15) is 0 Å². The number of piperidine rings is 1. The SMILES string of the molecule is CCN1CCCC(Nc2ccc([N+](=O)[O-])c3nonc23)C1. The highest BCUT2D eigenvalue weighted by molar-refractivity contribution is 5.93. The summed E-state index contributed by atoms with van der Waals surface area (Å²) in [7, 11) is 0. The Kier molecular flexibility index (Phi) is 3.70. The zero-order chi connectivity index (χ0) is 14.8. The van der Waals surface area contributed by atoms with Gasteiger partial charge >= 0.3 is 5.69 Å². The molecule has 8 heteroatoms. The monoisotopic (exact) mass is 291 g/mol. The fourth-order valence-corrected chi connectivity index (χ4v) is 2.80. The average molecular weight is 291 g/mol. The van der Waals surface area contributed by atoms with Gasteiger partial charge in [-0.15, -0.1) is 0 Å². The molecular weight excluding hydrogens is 274 g/mol. The minimum absolute atomic E-state index is 0.0874. The predicted molar refractivity (Wildman–Crippen MR) is 77.2 cm³/mol.